The van der Waals surface area contributed by atoms with Gasteiger partial charge in [-0.1, -0.05) is 44.2 Å². The third kappa shape index (κ3) is 3.40. The highest BCUT2D eigenvalue weighted by Crippen LogP contribution is 2.37. The van der Waals surface area contributed by atoms with E-state index in [1.807, 2.05) is 56.3 Å². The number of aliphatic hydroxyl groups is 1. The highest BCUT2D eigenvalue weighted by molar-refractivity contribution is 5.93. The van der Waals surface area contributed by atoms with Crippen LogP contribution in [-0.4, -0.2) is 10.2 Å². The van der Waals surface area contributed by atoms with Crippen LogP contribution in [0, 0.1) is 20.8 Å². The maximum Gasteiger partial charge on any atom is 0.123 e. The second-order valence-corrected chi connectivity index (χ2v) is 6.47. The lowest BCUT2D eigenvalue weighted by Gasteiger charge is -2.26. The van der Waals surface area contributed by atoms with E-state index in [0.29, 0.717) is 5.56 Å². The van der Waals surface area contributed by atoms with E-state index < -0.39 is 5.60 Å². The molecule has 132 valence electrons. The summed E-state index contributed by atoms with van der Waals surface area (Å²) in [5.41, 5.74) is 3.86. The normalized spacial score (nSPS) is 13.1. The second kappa shape index (κ2) is 7.28. The first kappa shape index (κ1) is 19.0. The molecule has 2 nitrogen and oxygen atoms in total. The van der Waals surface area contributed by atoms with Crippen molar-refractivity contribution in [1.29, 1.82) is 0 Å². The number of rotatable bonds is 2. The average molecular weight is 336 g/mol. The van der Waals surface area contributed by atoms with Gasteiger partial charge in [0, 0.05) is 5.39 Å². The van der Waals surface area contributed by atoms with Crippen LogP contribution in [0.2, 0.25) is 0 Å². The number of hydrogen-bond donors (Lipinski definition) is 2. The molecule has 0 aliphatic carbocycles. The Kier molecular flexibility index (Phi) is 5.54. The number of aromatic hydroxyl groups is 1. The van der Waals surface area contributed by atoms with Crippen LogP contribution in [0.3, 0.4) is 0 Å². The van der Waals surface area contributed by atoms with Crippen LogP contribution in [0.25, 0.3) is 10.8 Å². The van der Waals surface area contributed by atoms with Gasteiger partial charge in [-0.15, -0.1) is 0 Å². The molecule has 0 heterocycles. The zero-order valence-electron chi connectivity index (χ0n) is 16.0. The van der Waals surface area contributed by atoms with Crippen LogP contribution >= 0.6 is 0 Å². The van der Waals surface area contributed by atoms with Crippen molar-refractivity contribution >= 4 is 10.8 Å². The lowest BCUT2D eigenvalue weighted by Crippen LogP contribution is -2.22. The van der Waals surface area contributed by atoms with Crippen LogP contribution in [0.5, 0.6) is 5.75 Å². The topological polar surface area (TPSA) is 40.5 Å². The molecule has 0 radical (unpaired) electrons. The van der Waals surface area contributed by atoms with E-state index in [0.717, 1.165) is 27.5 Å². The Labute approximate surface area is 150 Å². The molecule has 0 amide bonds. The van der Waals surface area contributed by atoms with Crippen molar-refractivity contribution in [2.24, 2.45) is 0 Å². The lowest BCUT2D eigenvalue weighted by atomic mass is 9.85. The van der Waals surface area contributed by atoms with Crippen molar-refractivity contribution < 1.29 is 10.2 Å². The molecule has 0 aliphatic heterocycles. The van der Waals surface area contributed by atoms with Gasteiger partial charge in [0.2, 0.25) is 0 Å². The molecule has 2 heteroatoms. The summed E-state index contributed by atoms with van der Waals surface area (Å²) in [7, 11) is 0. The first-order chi connectivity index (χ1) is 11.8. The lowest BCUT2D eigenvalue weighted by molar-refractivity contribution is 0.102. The third-order valence-electron chi connectivity index (χ3n) is 4.98. The Hall–Kier alpha value is -2.32. The molecule has 0 aliphatic rings. The van der Waals surface area contributed by atoms with Crippen LogP contribution in [0.1, 0.15) is 48.6 Å². The van der Waals surface area contributed by atoms with Gasteiger partial charge in [0.1, 0.15) is 11.4 Å². The summed E-state index contributed by atoms with van der Waals surface area (Å²) in [5.74, 6) is 0.208. The fourth-order valence-electron chi connectivity index (χ4n) is 3.13. The maximum atomic E-state index is 11.0. The predicted octanol–water partition coefficient (Wildman–Crippen LogP) is 5.75. The molecule has 0 fully saturated rings. The third-order valence-corrected chi connectivity index (χ3v) is 4.98. The maximum absolute atomic E-state index is 11.0. The average Bonchev–Trinajstić information content (AvgIpc) is 2.63. The minimum absolute atomic E-state index is 0.208. The number of phenols is 1. The van der Waals surface area contributed by atoms with Gasteiger partial charge in [-0.05, 0) is 79.1 Å². The standard InChI is InChI=1S/C21H22O2.C2H6/c1-13-10-19-18(15(3)14(13)2)11-17(12-20(19)22)21(4,23)16-8-6-5-7-9-16;1-2/h5-12,22-23H,1-4H3;1-2H3. The Morgan fingerprint density at radius 1 is 0.760 bits per heavy atom. The summed E-state index contributed by atoms with van der Waals surface area (Å²) in [6.45, 7) is 12.0. The highest BCUT2D eigenvalue weighted by Gasteiger charge is 2.27. The number of benzene rings is 3. The van der Waals surface area contributed by atoms with Gasteiger partial charge in [-0.3, -0.25) is 0 Å². The smallest absolute Gasteiger partial charge is 0.123 e. The van der Waals surface area contributed by atoms with Gasteiger partial charge in [0.25, 0.3) is 0 Å². The molecule has 0 saturated carbocycles. The molecule has 1 unspecified atom stereocenters. The number of fused-ring (bicyclic) bond motifs is 1. The van der Waals surface area contributed by atoms with Gasteiger partial charge < -0.3 is 10.2 Å². The zero-order chi connectivity index (χ0) is 18.8. The van der Waals surface area contributed by atoms with Gasteiger partial charge in [-0.25, -0.2) is 0 Å². The predicted molar refractivity (Wildman–Crippen MR) is 106 cm³/mol. The summed E-state index contributed by atoms with van der Waals surface area (Å²) in [4.78, 5) is 0. The van der Waals surface area contributed by atoms with Crippen LogP contribution in [-0.2, 0) is 5.60 Å². The molecule has 3 aromatic carbocycles. The summed E-state index contributed by atoms with van der Waals surface area (Å²) >= 11 is 0. The second-order valence-electron chi connectivity index (χ2n) is 6.47. The van der Waals surface area contributed by atoms with Crippen LogP contribution in [0.15, 0.2) is 48.5 Å². The van der Waals surface area contributed by atoms with Crippen molar-refractivity contribution in [3.8, 4) is 5.75 Å². The summed E-state index contributed by atoms with van der Waals surface area (Å²) in [6.07, 6.45) is 0. The number of phenolic OH excluding ortho intramolecular Hbond substituents is 1. The first-order valence-corrected chi connectivity index (χ1v) is 8.84. The fourth-order valence-corrected chi connectivity index (χ4v) is 3.13. The van der Waals surface area contributed by atoms with E-state index in [1.165, 1.54) is 5.56 Å². The van der Waals surface area contributed by atoms with E-state index in [-0.39, 0.29) is 5.75 Å². The first-order valence-electron chi connectivity index (χ1n) is 8.84. The Morgan fingerprint density at radius 3 is 1.96 bits per heavy atom. The molecular formula is C23H28O2. The Bertz CT molecular complexity index is 878. The van der Waals surface area contributed by atoms with Crippen molar-refractivity contribution in [1.82, 2.24) is 0 Å². The minimum atomic E-state index is -1.15. The molecule has 0 saturated heterocycles. The molecular weight excluding hydrogens is 308 g/mol. The minimum Gasteiger partial charge on any atom is -0.507 e. The van der Waals surface area contributed by atoms with Crippen molar-refractivity contribution in [3.63, 3.8) is 0 Å². The van der Waals surface area contributed by atoms with Gasteiger partial charge >= 0.3 is 0 Å². The van der Waals surface area contributed by atoms with E-state index in [1.54, 1.807) is 13.0 Å². The molecule has 2 N–H and O–H groups in total. The zero-order valence-corrected chi connectivity index (χ0v) is 16.0. The van der Waals surface area contributed by atoms with Crippen molar-refractivity contribution in [2.45, 2.75) is 47.1 Å². The van der Waals surface area contributed by atoms with Crippen LogP contribution < -0.4 is 0 Å². The molecule has 0 spiro atoms. The largest absolute Gasteiger partial charge is 0.507 e. The van der Waals surface area contributed by atoms with E-state index >= 15 is 0 Å². The SMILES string of the molecule is CC.Cc1cc2c(O)cc(C(C)(O)c3ccccc3)cc2c(C)c1C. The quantitative estimate of drug-likeness (QED) is 0.625. The summed E-state index contributed by atoms with van der Waals surface area (Å²) in [6, 6.07) is 15.2. The van der Waals surface area contributed by atoms with Gasteiger partial charge in [0.05, 0.1) is 0 Å². The molecule has 3 rings (SSSR count). The Balaban J connectivity index is 0.00000109. The molecule has 3 aromatic rings. The fraction of sp³-hybridized carbons (Fsp3) is 0.304. The molecule has 25 heavy (non-hydrogen) atoms. The van der Waals surface area contributed by atoms with Crippen molar-refractivity contribution in [3.05, 3.63) is 76.3 Å². The number of hydrogen-bond acceptors (Lipinski definition) is 2. The van der Waals surface area contributed by atoms with Crippen molar-refractivity contribution in [2.75, 3.05) is 0 Å². The molecule has 1 atom stereocenters. The monoisotopic (exact) mass is 336 g/mol. The molecule has 0 aromatic heterocycles. The van der Waals surface area contributed by atoms with E-state index in [9.17, 15) is 10.2 Å². The summed E-state index contributed by atoms with van der Waals surface area (Å²) < 4.78 is 0. The Morgan fingerprint density at radius 2 is 1.36 bits per heavy atom. The van der Waals surface area contributed by atoms with E-state index in [2.05, 4.69) is 20.8 Å². The van der Waals surface area contributed by atoms with Gasteiger partial charge in [0.15, 0.2) is 0 Å². The van der Waals surface area contributed by atoms with Gasteiger partial charge in [-0.2, -0.15) is 0 Å². The molecule has 0 bridgehead atoms. The van der Waals surface area contributed by atoms with E-state index in [4.69, 9.17) is 0 Å². The highest BCUT2D eigenvalue weighted by atomic mass is 16.3. The number of aryl methyl sites for hydroxylation is 2. The summed E-state index contributed by atoms with van der Waals surface area (Å²) in [5, 5.41) is 23.4. The van der Waals surface area contributed by atoms with Crippen LogP contribution in [0.4, 0.5) is 0 Å².